The zero-order valence-corrected chi connectivity index (χ0v) is 18.0. The number of carbonyl (C=O) groups excluding carboxylic acids is 1. The SMILES string of the molecule is CCOC(=O)c1cc(-c2cc(N)ncn2)n(S(=O)(=O)c2ccccc2)c1-c1ccccc1. The summed E-state index contributed by atoms with van der Waals surface area (Å²) in [7, 11) is -4.13. The van der Waals surface area contributed by atoms with E-state index in [1.54, 1.807) is 55.5 Å². The van der Waals surface area contributed by atoms with Crippen molar-refractivity contribution in [2.45, 2.75) is 11.8 Å². The molecule has 4 rings (SSSR count). The number of benzene rings is 2. The van der Waals surface area contributed by atoms with Crippen molar-refractivity contribution in [1.29, 1.82) is 0 Å². The number of anilines is 1. The van der Waals surface area contributed by atoms with E-state index in [1.165, 1.54) is 30.6 Å². The van der Waals surface area contributed by atoms with Crippen molar-refractivity contribution < 1.29 is 17.9 Å². The van der Waals surface area contributed by atoms with Gasteiger partial charge in [-0.05, 0) is 25.1 Å². The van der Waals surface area contributed by atoms with Gasteiger partial charge >= 0.3 is 5.97 Å². The molecular formula is C23H20N4O4S. The molecule has 0 aliphatic rings. The number of ether oxygens (including phenoxy) is 1. The maximum Gasteiger partial charge on any atom is 0.340 e. The number of rotatable bonds is 6. The molecule has 9 heteroatoms. The molecule has 2 aromatic carbocycles. The number of nitrogens with zero attached hydrogens (tertiary/aromatic N) is 3. The number of nitrogens with two attached hydrogens (primary N) is 1. The van der Waals surface area contributed by atoms with Crippen LogP contribution in [0.4, 0.5) is 5.82 Å². The molecule has 0 unspecified atom stereocenters. The Hall–Kier alpha value is -3.98. The van der Waals surface area contributed by atoms with Gasteiger partial charge in [0, 0.05) is 11.6 Å². The smallest absolute Gasteiger partial charge is 0.340 e. The van der Waals surface area contributed by atoms with E-state index in [2.05, 4.69) is 9.97 Å². The maximum atomic E-state index is 13.8. The van der Waals surface area contributed by atoms with E-state index in [-0.39, 0.29) is 40.0 Å². The van der Waals surface area contributed by atoms with Crippen LogP contribution in [0, 0.1) is 0 Å². The zero-order chi connectivity index (χ0) is 22.7. The Labute approximate surface area is 185 Å². The summed E-state index contributed by atoms with van der Waals surface area (Å²) in [5, 5.41) is 0. The van der Waals surface area contributed by atoms with Gasteiger partial charge in [-0.1, -0.05) is 48.5 Å². The number of nitrogen functional groups attached to an aromatic ring is 1. The van der Waals surface area contributed by atoms with Gasteiger partial charge in [-0.15, -0.1) is 0 Å². The van der Waals surface area contributed by atoms with Crippen molar-refractivity contribution in [2.75, 3.05) is 12.3 Å². The molecule has 0 aliphatic heterocycles. The molecule has 0 atom stereocenters. The van der Waals surface area contributed by atoms with Crippen molar-refractivity contribution in [3.8, 4) is 22.6 Å². The summed E-state index contributed by atoms with van der Waals surface area (Å²) in [4.78, 5) is 21.0. The zero-order valence-electron chi connectivity index (χ0n) is 17.2. The van der Waals surface area contributed by atoms with Crippen LogP contribution in [-0.2, 0) is 14.8 Å². The summed E-state index contributed by atoms with van der Waals surface area (Å²) in [6.07, 6.45) is 1.24. The third-order valence-corrected chi connectivity index (χ3v) is 6.46. The first kappa shape index (κ1) is 21.3. The molecule has 0 saturated heterocycles. The number of carbonyl (C=O) groups is 1. The van der Waals surface area contributed by atoms with Crippen molar-refractivity contribution in [3.63, 3.8) is 0 Å². The van der Waals surface area contributed by atoms with E-state index in [4.69, 9.17) is 10.5 Å². The molecule has 8 nitrogen and oxygen atoms in total. The fourth-order valence-corrected chi connectivity index (χ4v) is 4.93. The van der Waals surface area contributed by atoms with Crippen LogP contribution in [0.25, 0.3) is 22.6 Å². The van der Waals surface area contributed by atoms with E-state index in [0.29, 0.717) is 5.56 Å². The summed E-state index contributed by atoms with van der Waals surface area (Å²) in [5.41, 5.74) is 7.07. The highest BCUT2D eigenvalue weighted by Crippen LogP contribution is 2.36. The average molecular weight is 449 g/mol. The largest absolute Gasteiger partial charge is 0.462 e. The van der Waals surface area contributed by atoms with Crippen LogP contribution >= 0.6 is 0 Å². The number of aromatic nitrogens is 3. The Morgan fingerprint density at radius 1 is 1.00 bits per heavy atom. The Morgan fingerprint density at radius 3 is 2.28 bits per heavy atom. The Balaban J connectivity index is 2.12. The van der Waals surface area contributed by atoms with Gasteiger partial charge in [0.1, 0.15) is 12.1 Å². The molecule has 0 fully saturated rings. The lowest BCUT2D eigenvalue weighted by Gasteiger charge is -2.15. The standard InChI is InChI=1S/C23H20N4O4S/c1-2-31-23(28)18-13-20(19-14-21(24)26-15-25-19)27(22(18)16-9-5-3-6-10-16)32(29,30)17-11-7-4-8-12-17/h3-15H,2H2,1H3,(H2,24,25,26). The maximum absolute atomic E-state index is 13.8. The third kappa shape index (κ3) is 3.85. The molecule has 0 spiro atoms. The Kier molecular flexibility index (Phi) is 5.74. The molecule has 2 N–H and O–H groups in total. The summed E-state index contributed by atoms with van der Waals surface area (Å²) in [6.45, 7) is 1.82. The molecule has 0 bridgehead atoms. The van der Waals surface area contributed by atoms with Gasteiger partial charge in [-0.2, -0.15) is 0 Å². The van der Waals surface area contributed by atoms with E-state index >= 15 is 0 Å². The van der Waals surface area contributed by atoms with Gasteiger partial charge in [0.05, 0.1) is 34.1 Å². The highest BCUT2D eigenvalue weighted by molar-refractivity contribution is 7.90. The van der Waals surface area contributed by atoms with Gasteiger partial charge in [-0.3, -0.25) is 0 Å². The number of hydrogen-bond acceptors (Lipinski definition) is 7. The molecule has 0 aliphatic carbocycles. The van der Waals surface area contributed by atoms with E-state index < -0.39 is 16.0 Å². The van der Waals surface area contributed by atoms with Crippen LogP contribution in [0.1, 0.15) is 17.3 Å². The normalized spacial score (nSPS) is 11.3. The summed E-state index contributed by atoms with van der Waals surface area (Å²) < 4.78 is 34.0. The van der Waals surface area contributed by atoms with Crippen LogP contribution < -0.4 is 5.73 Å². The van der Waals surface area contributed by atoms with Gasteiger partial charge < -0.3 is 10.5 Å². The first-order chi connectivity index (χ1) is 15.4. The summed E-state index contributed by atoms with van der Waals surface area (Å²) in [5.74, 6) is -0.476. The fourth-order valence-electron chi connectivity index (χ4n) is 3.36. The van der Waals surface area contributed by atoms with Gasteiger partial charge in [0.2, 0.25) is 0 Å². The lowest BCUT2D eigenvalue weighted by molar-refractivity contribution is 0.0527. The van der Waals surface area contributed by atoms with Gasteiger partial charge in [-0.25, -0.2) is 27.2 Å². The predicted octanol–water partition coefficient (Wildman–Crippen LogP) is 3.61. The lowest BCUT2D eigenvalue weighted by Crippen LogP contribution is -2.17. The van der Waals surface area contributed by atoms with Crippen LogP contribution in [-0.4, -0.2) is 34.9 Å². The number of hydrogen-bond donors (Lipinski definition) is 1. The molecular weight excluding hydrogens is 428 g/mol. The quantitative estimate of drug-likeness (QED) is 0.448. The van der Waals surface area contributed by atoms with Crippen LogP contribution in [0.3, 0.4) is 0 Å². The summed E-state index contributed by atoms with van der Waals surface area (Å²) >= 11 is 0. The molecule has 32 heavy (non-hydrogen) atoms. The van der Waals surface area contributed by atoms with Gasteiger partial charge in [0.15, 0.2) is 0 Å². The minimum Gasteiger partial charge on any atom is -0.462 e. The number of esters is 1. The van der Waals surface area contributed by atoms with E-state index in [1.807, 2.05) is 0 Å². The predicted molar refractivity (Wildman–Crippen MR) is 120 cm³/mol. The Bertz CT molecular complexity index is 1370. The van der Waals surface area contributed by atoms with E-state index in [9.17, 15) is 13.2 Å². The molecule has 0 amide bonds. The monoisotopic (exact) mass is 448 g/mol. The first-order valence-electron chi connectivity index (χ1n) is 9.80. The van der Waals surface area contributed by atoms with E-state index in [0.717, 1.165) is 3.97 Å². The highest BCUT2D eigenvalue weighted by atomic mass is 32.2. The fraction of sp³-hybridized carbons (Fsp3) is 0.0870. The lowest BCUT2D eigenvalue weighted by atomic mass is 10.1. The Morgan fingerprint density at radius 2 is 1.66 bits per heavy atom. The summed E-state index contributed by atoms with van der Waals surface area (Å²) in [6, 6.07) is 19.7. The minimum atomic E-state index is -4.13. The van der Waals surface area contributed by atoms with Crippen molar-refractivity contribution in [3.05, 3.63) is 84.7 Å². The molecule has 0 saturated carbocycles. The van der Waals surface area contributed by atoms with Gasteiger partial charge in [0.25, 0.3) is 10.0 Å². The van der Waals surface area contributed by atoms with Crippen LogP contribution in [0.2, 0.25) is 0 Å². The van der Waals surface area contributed by atoms with Crippen molar-refractivity contribution in [1.82, 2.24) is 13.9 Å². The van der Waals surface area contributed by atoms with Crippen molar-refractivity contribution >= 4 is 21.8 Å². The second kappa shape index (κ2) is 8.64. The second-order valence-corrected chi connectivity index (χ2v) is 8.58. The van der Waals surface area contributed by atoms with Crippen LogP contribution in [0.5, 0.6) is 0 Å². The molecule has 4 aromatic rings. The molecule has 162 valence electrons. The van der Waals surface area contributed by atoms with Crippen LogP contribution in [0.15, 0.2) is 84.0 Å². The first-order valence-corrected chi connectivity index (χ1v) is 11.2. The van der Waals surface area contributed by atoms with Crippen molar-refractivity contribution in [2.24, 2.45) is 0 Å². The topological polar surface area (TPSA) is 117 Å². The highest BCUT2D eigenvalue weighted by Gasteiger charge is 2.31. The average Bonchev–Trinajstić information content (AvgIpc) is 3.22. The molecule has 2 heterocycles. The molecule has 2 aromatic heterocycles. The second-order valence-electron chi connectivity index (χ2n) is 6.79. The molecule has 0 radical (unpaired) electrons. The minimum absolute atomic E-state index is 0.0615. The third-order valence-electron chi connectivity index (χ3n) is 4.73.